The number of rotatable bonds is 6. The lowest BCUT2D eigenvalue weighted by molar-refractivity contribution is 0.0977. The van der Waals surface area contributed by atoms with Crippen molar-refractivity contribution in [3.05, 3.63) is 57.7 Å². The van der Waals surface area contributed by atoms with Crippen molar-refractivity contribution >= 4 is 61.5 Å². The normalized spacial score (nSPS) is 11.0. The molecular formula is C17H18IN3O3S2. The van der Waals surface area contributed by atoms with Crippen LogP contribution in [0.3, 0.4) is 0 Å². The van der Waals surface area contributed by atoms with E-state index in [1.807, 2.05) is 13.0 Å². The second kappa shape index (κ2) is 9.40. The lowest BCUT2D eigenvalue weighted by Gasteiger charge is -2.11. The van der Waals surface area contributed by atoms with Crippen LogP contribution in [0.4, 0.5) is 5.69 Å². The highest BCUT2D eigenvalue weighted by molar-refractivity contribution is 14.1. The van der Waals surface area contributed by atoms with Gasteiger partial charge in [0.15, 0.2) is 5.11 Å². The highest BCUT2D eigenvalue weighted by Gasteiger charge is 2.13. The molecule has 1 amide bonds. The molecule has 0 aliphatic carbocycles. The van der Waals surface area contributed by atoms with Crippen LogP contribution in [-0.4, -0.2) is 26.0 Å². The van der Waals surface area contributed by atoms with E-state index in [1.54, 1.807) is 30.3 Å². The number of amides is 1. The summed E-state index contributed by atoms with van der Waals surface area (Å²) in [5.41, 5.74) is 1.08. The van der Waals surface area contributed by atoms with Crippen molar-refractivity contribution in [3.8, 4) is 0 Å². The molecular weight excluding hydrogens is 485 g/mol. The lowest BCUT2D eigenvalue weighted by Crippen LogP contribution is -2.34. The Balaban J connectivity index is 1.98. The zero-order chi connectivity index (χ0) is 19.2. The first kappa shape index (κ1) is 20.7. The van der Waals surface area contributed by atoms with Gasteiger partial charge in [0.2, 0.25) is 10.0 Å². The molecule has 3 N–H and O–H groups in total. The van der Waals surface area contributed by atoms with Crippen LogP contribution in [0.25, 0.3) is 0 Å². The third-order valence-corrected chi connectivity index (χ3v) is 5.63. The maximum atomic E-state index is 12.2. The molecule has 138 valence electrons. The quantitative estimate of drug-likeness (QED) is 0.417. The Kier molecular flexibility index (Phi) is 7.50. The van der Waals surface area contributed by atoms with E-state index in [1.165, 1.54) is 12.1 Å². The van der Waals surface area contributed by atoms with Crippen molar-refractivity contribution < 1.29 is 13.2 Å². The van der Waals surface area contributed by atoms with Gasteiger partial charge >= 0.3 is 0 Å². The van der Waals surface area contributed by atoms with E-state index in [0.717, 1.165) is 3.57 Å². The van der Waals surface area contributed by atoms with Crippen molar-refractivity contribution in [2.45, 2.75) is 18.2 Å². The smallest absolute Gasteiger partial charge is 0.257 e. The summed E-state index contributed by atoms with van der Waals surface area (Å²) in [6, 6.07) is 13.3. The minimum atomic E-state index is -3.51. The van der Waals surface area contributed by atoms with Crippen LogP contribution in [0.5, 0.6) is 0 Å². The number of thiocarbonyl (C=S) groups is 1. The van der Waals surface area contributed by atoms with Gasteiger partial charge < -0.3 is 5.32 Å². The summed E-state index contributed by atoms with van der Waals surface area (Å²) in [5.74, 6) is -0.316. The van der Waals surface area contributed by atoms with E-state index in [2.05, 4.69) is 37.9 Å². The number of nitrogens with one attached hydrogen (secondary N) is 3. The Labute approximate surface area is 172 Å². The Bertz CT molecular complexity index is 900. The lowest BCUT2D eigenvalue weighted by atomic mass is 10.2. The molecule has 0 unspecified atom stereocenters. The zero-order valence-corrected chi connectivity index (χ0v) is 17.7. The number of benzene rings is 2. The van der Waals surface area contributed by atoms with Gasteiger partial charge in [0.25, 0.3) is 5.91 Å². The van der Waals surface area contributed by atoms with E-state index in [4.69, 9.17) is 12.2 Å². The minimum absolute atomic E-state index is 0.133. The molecule has 0 aliphatic rings. The number of sulfonamides is 1. The van der Waals surface area contributed by atoms with Gasteiger partial charge in [-0.25, -0.2) is 13.1 Å². The molecule has 0 spiro atoms. The van der Waals surface area contributed by atoms with Crippen LogP contribution in [-0.2, 0) is 10.0 Å². The summed E-state index contributed by atoms with van der Waals surface area (Å²) < 4.78 is 27.5. The molecule has 0 bridgehead atoms. The second-order valence-electron chi connectivity index (χ2n) is 5.34. The van der Waals surface area contributed by atoms with E-state index in [-0.39, 0.29) is 15.9 Å². The molecule has 2 aromatic carbocycles. The van der Waals surface area contributed by atoms with Crippen molar-refractivity contribution in [2.24, 2.45) is 0 Å². The molecule has 0 aromatic heterocycles. The van der Waals surface area contributed by atoms with Crippen LogP contribution in [0, 0.1) is 3.57 Å². The number of hydrogen-bond acceptors (Lipinski definition) is 4. The van der Waals surface area contributed by atoms with Crippen LogP contribution in [0.15, 0.2) is 53.4 Å². The molecule has 0 atom stereocenters. The van der Waals surface area contributed by atoms with Crippen LogP contribution < -0.4 is 15.4 Å². The SMILES string of the molecule is CCCNS(=O)(=O)c1ccc(NC(=S)NC(=O)c2cccc(I)c2)cc1. The maximum Gasteiger partial charge on any atom is 0.257 e. The molecule has 26 heavy (non-hydrogen) atoms. The second-order valence-corrected chi connectivity index (χ2v) is 8.76. The van der Waals surface area contributed by atoms with Crippen LogP contribution in [0.2, 0.25) is 0 Å². The number of anilines is 1. The molecule has 2 aromatic rings. The van der Waals surface area contributed by atoms with Gasteiger partial charge in [0.1, 0.15) is 0 Å². The molecule has 2 rings (SSSR count). The molecule has 0 fully saturated rings. The number of hydrogen-bond donors (Lipinski definition) is 3. The Hall–Kier alpha value is -1.56. The first-order valence-corrected chi connectivity index (χ1v) is 10.8. The van der Waals surface area contributed by atoms with Crippen LogP contribution >= 0.6 is 34.8 Å². The molecule has 0 saturated carbocycles. The van der Waals surface area contributed by atoms with Crippen molar-refractivity contribution in [1.82, 2.24) is 10.0 Å². The number of halogens is 1. The monoisotopic (exact) mass is 503 g/mol. The third-order valence-electron chi connectivity index (χ3n) is 3.28. The standard InChI is InChI=1S/C17H18IN3O3S2/c1-2-10-19-26(23,24)15-8-6-14(7-9-15)20-17(25)21-16(22)12-4-3-5-13(18)11-12/h3-9,11,19H,2,10H2,1H3,(H2,20,21,22,25). The predicted molar refractivity (Wildman–Crippen MR) is 115 cm³/mol. The fourth-order valence-corrected chi connectivity index (χ4v) is 3.89. The summed E-state index contributed by atoms with van der Waals surface area (Å²) in [6.07, 6.45) is 0.716. The zero-order valence-electron chi connectivity index (χ0n) is 14.0. The predicted octanol–water partition coefficient (Wildman–Crippen LogP) is 3.11. The van der Waals surface area contributed by atoms with E-state index >= 15 is 0 Å². The Morgan fingerprint density at radius 2 is 1.85 bits per heavy atom. The van der Waals surface area contributed by atoms with Gasteiger partial charge in [-0.1, -0.05) is 13.0 Å². The van der Waals surface area contributed by atoms with Gasteiger partial charge in [0.05, 0.1) is 4.90 Å². The largest absolute Gasteiger partial charge is 0.332 e. The maximum absolute atomic E-state index is 12.2. The number of carbonyl (C=O) groups is 1. The van der Waals surface area contributed by atoms with E-state index in [9.17, 15) is 13.2 Å². The molecule has 9 heteroatoms. The molecule has 0 radical (unpaired) electrons. The third kappa shape index (κ3) is 6.01. The average Bonchev–Trinajstić information content (AvgIpc) is 2.60. The fourth-order valence-electron chi connectivity index (χ4n) is 2.00. The molecule has 0 aliphatic heterocycles. The summed E-state index contributed by atoms with van der Waals surface area (Å²) in [4.78, 5) is 12.3. The summed E-state index contributed by atoms with van der Waals surface area (Å²) in [6.45, 7) is 2.28. The minimum Gasteiger partial charge on any atom is -0.332 e. The Morgan fingerprint density at radius 1 is 1.15 bits per heavy atom. The number of carbonyl (C=O) groups excluding carboxylic acids is 1. The summed E-state index contributed by atoms with van der Waals surface area (Å²) >= 11 is 7.26. The van der Waals surface area contributed by atoms with Gasteiger partial charge in [-0.3, -0.25) is 10.1 Å². The first-order valence-electron chi connectivity index (χ1n) is 7.79. The Morgan fingerprint density at radius 3 is 2.46 bits per heavy atom. The van der Waals surface area contributed by atoms with Gasteiger partial charge in [-0.05, 0) is 83.7 Å². The van der Waals surface area contributed by atoms with Gasteiger partial charge in [0, 0.05) is 21.4 Å². The van der Waals surface area contributed by atoms with Gasteiger partial charge in [-0.2, -0.15) is 0 Å². The molecule has 0 saturated heterocycles. The summed E-state index contributed by atoms with van der Waals surface area (Å²) in [7, 11) is -3.51. The topological polar surface area (TPSA) is 87.3 Å². The molecule has 0 heterocycles. The van der Waals surface area contributed by atoms with Crippen LogP contribution in [0.1, 0.15) is 23.7 Å². The average molecular weight is 503 g/mol. The molecule has 6 nitrogen and oxygen atoms in total. The van der Waals surface area contributed by atoms with Crippen molar-refractivity contribution in [1.29, 1.82) is 0 Å². The van der Waals surface area contributed by atoms with Gasteiger partial charge in [-0.15, -0.1) is 0 Å². The first-order chi connectivity index (χ1) is 12.3. The highest BCUT2D eigenvalue weighted by atomic mass is 127. The summed E-state index contributed by atoms with van der Waals surface area (Å²) in [5, 5.41) is 5.59. The highest BCUT2D eigenvalue weighted by Crippen LogP contribution is 2.14. The van der Waals surface area contributed by atoms with E-state index in [0.29, 0.717) is 24.2 Å². The van der Waals surface area contributed by atoms with Crippen molar-refractivity contribution in [3.63, 3.8) is 0 Å². The fraction of sp³-hybridized carbons (Fsp3) is 0.176. The van der Waals surface area contributed by atoms with Crippen molar-refractivity contribution in [2.75, 3.05) is 11.9 Å². The van der Waals surface area contributed by atoms with E-state index < -0.39 is 10.0 Å².